The highest BCUT2D eigenvalue weighted by Crippen LogP contribution is 2.17. The molecule has 1 N–H and O–H groups in total. The van der Waals surface area contributed by atoms with Gasteiger partial charge in [0, 0.05) is 38.8 Å². The standard InChI is InChI=1S/C10H17N3O/c1-2-5-12-6-3-9-8-11-4-7-13(9)10(12)14/h2,9,11H,1,3-8H2. The fourth-order valence-electron chi connectivity index (χ4n) is 2.18. The van der Waals surface area contributed by atoms with Gasteiger partial charge in [-0.2, -0.15) is 0 Å². The third-order valence-electron chi connectivity index (χ3n) is 2.95. The van der Waals surface area contributed by atoms with Crippen LogP contribution < -0.4 is 5.32 Å². The van der Waals surface area contributed by atoms with Crippen LogP contribution in [0.5, 0.6) is 0 Å². The lowest BCUT2D eigenvalue weighted by Gasteiger charge is -2.44. The summed E-state index contributed by atoms with van der Waals surface area (Å²) in [4.78, 5) is 15.8. The summed E-state index contributed by atoms with van der Waals surface area (Å²) in [6.45, 7) is 7.93. The molecule has 2 aliphatic rings. The van der Waals surface area contributed by atoms with Crippen LogP contribution in [0.3, 0.4) is 0 Å². The van der Waals surface area contributed by atoms with E-state index >= 15 is 0 Å². The van der Waals surface area contributed by atoms with Crippen molar-refractivity contribution < 1.29 is 4.79 Å². The van der Waals surface area contributed by atoms with E-state index in [-0.39, 0.29) is 6.03 Å². The van der Waals surface area contributed by atoms with E-state index < -0.39 is 0 Å². The van der Waals surface area contributed by atoms with Gasteiger partial charge in [-0.15, -0.1) is 6.58 Å². The van der Waals surface area contributed by atoms with E-state index in [2.05, 4.69) is 11.9 Å². The zero-order valence-corrected chi connectivity index (χ0v) is 8.41. The number of amides is 2. The molecular formula is C10H17N3O. The molecule has 0 spiro atoms. The van der Waals surface area contributed by atoms with Crippen molar-refractivity contribution in [3.63, 3.8) is 0 Å². The zero-order valence-electron chi connectivity index (χ0n) is 8.41. The van der Waals surface area contributed by atoms with E-state index in [1.807, 2.05) is 9.80 Å². The molecule has 0 aromatic rings. The Morgan fingerprint density at radius 3 is 3.21 bits per heavy atom. The Kier molecular flexibility index (Phi) is 2.72. The first kappa shape index (κ1) is 9.52. The Balaban J connectivity index is 2.03. The Bertz CT molecular complexity index is 242. The summed E-state index contributed by atoms with van der Waals surface area (Å²) in [5, 5.41) is 3.32. The number of hydrogen-bond acceptors (Lipinski definition) is 2. The molecule has 4 nitrogen and oxygen atoms in total. The lowest BCUT2D eigenvalue weighted by Crippen LogP contribution is -2.61. The summed E-state index contributed by atoms with van der Waals surface area (Å²) in [5.74, 6) is 0. The third-order valence-corrected chi connectivity index (χ3v) is 2.95. The summed E-state index contributed by atoms with van der Waals surface area (Å²) in [6.07, 6.45) is 2.87. The van der Waals surface area contributed by atoms with Gasteiger partial charge in [0.1, 0.15) is 0 Å². The lowest BCUT2D eigenvalue weighted by atomic mass is 10.1. The summed E-state index contributed by atoms with van der Waals surface area (Å²) < 4.78 is 0. The number of fused-ring (bicyclic) bond motifs is 1. The fourth-order valence-corrected chi connectivity index (χ4v) is 2.18. The van der Waals surface area contributed by atoms with Crippen molar-refractivity contribution in [3.05, 3.63) is 12.7 Å². The number of nitrogens with one attached hydrogen (secondary N) is 1. The summed E-state index contributed by atoms with van der Waals surface area (Å²) >= 11 is 0. The van der Waals surface area contributed by atoms with Crippen LogP contribution in [-0.2, 0) is 0 Å². The van der Waals surface area contributed by atoms with Crippen molar-refractivity contribution in [2.75, 3.05) is 32.7 Å². The molecule has 2 fully saturated rings. The van der Waals surface area contributed by atoms with Crippen molar-refractivity contribution in [1.29, 1.82) is 0 Å². The summed E-state index contributed by atoms with van der Waals surface area (Å²) in [5.41, 5.74) is 0. The van der Waals surface area contributed by atoms with Crippen molar-refractivity contribution in [1.82, 2.24) is 15.1 Å². The molecular weight excluding hydrogens is 178 g/mol. The van der Waals surface area contributed by atoms with Gasteiger partial charge in [0.25, 0.3) is 0 Å². The lowest BCUT2D eigenvalue weighted by molar-refractivity contribution is 0.0903. The maximum atomic E-state index is 11.9. The number of hydrogen-bond donors (Lipinski definition) is 1. The molecule has 0 bridgehead atoms. The van der Waals surface area contributed by atoms with Crippen LogP contribution in [0.15, 0.2) is 12.7 Å². The van der Waals surface area contributed by atoms with E-state index in [9.17, 15) is 4.79 Å². The van der Waals surface area contributed by atoms with Crippen LogP contribution in [0.25, 0.3) is 0 Å². The van der Waals surface area contributed by atoms with Gasteiger partial charge < -0.3 is 15.1 Å². The molecule has 0 aromatic carbocycles. The van der Waals surface area contributed by atoms with Crippen molar-refractivity contribution in [2.24, 2.45) is 0 Å². The van der Waals surface area contributed by atoms with E-state index in [0.717, 1.165) is 32.6 Å². The molecule has 1 atom stereocenters. The minimum Gasteiger partial charge on any atom is -0.321 e. The largest absolute Gasteiger partial charge is 0.321 e. The van der Waals surface area contributed by atoms with Gasteiger partial charge in [0.15, 0.2) is 0 Å². The molecule has 78 valence electrons. The molecule has 1 unspecified atom stereocenters. The quantitative estimate of drug-likeness (QED) is 0.642. The Labute approximate surface area is 84.6 Å². The van der Waals surface area contributed by atoms with Crippen LogP contribution in [0.2, 0.25) is 0 Å². The fraction of sp³-hybridized carbons (Fsp3) is 0.700. The van der Waals surface area contributed by atoms with Crippen LogP contribution in [0.1, 0.15) is 6.42 Å². The van der Waals surface area contributed by atoms with Gasteiger partial charge >= 0.3 is 6.03 Å². The number of rotatable bonds is 2. The Morgan fingerprint density at radius 1 is 1.57 bits per heavy atom. The second-order valence-electron chi connectivity index (χ2n) is 3.86. The van der Waals surface area contributed by atoms with Crippen molar-refractivity contribution in [2.45, 2.75) is 12.5 Å². The number of urea groups is 1. The number of piperazine rings is 1. The number of nitrogens with zero attached hydrogens (tertiary/aromatic N) is 2. The first-order chi connectivity index (χ1) is 6.83. The van der Waals surface area contributed by atoms with Crippen LogP contribution >= 0.6 is 0 Å². The molecule has 0 aromatic heterocycles. The second-order valence-corrected chi connectivity index (χ2v) is 3.86. The predicted octanol–water partition coefficient (Wildman–Crippen LogP) is 0.272. The highest BCUT2D eigenvalue weighted by Gasteiger charge is 2.33. The minimum absolute atomic E-state index is 0.183. The molecule has 2 heterocycles. The zero-order chi connectivity index (χ0) is 9.97. The minimum atomic E-state index is 0.183. The van der Waals surface area contributed by atoms with E-state index in [1.54, 1.807) is 6.08 Å². The Morgan fingerprint density at radius 2 is 2.43 bits per heavy atom. The first-order valence-corrected chi connectivity index (χ1v) is 5.20. The van der Waals surface area contributed by atoms with E-state index in [0.29, 0.717) is 12.6 Å². The molecule has 0 radical (unpaired) electrons. The highest BCUT2D eigenvalue weighted by molar-refractivity contribution is 5.76. The van der Waals surface area contributed by atoms with Gasteiger partial charge in [0.05, 0.1) is 0 Å². The average molecular weight is 195 g/mol. The van der Waals surface area contributed by atoms with Crippen molar-refractivity contribution in [3.8, 4) is 0 Å². The SMILES string of the molecule is C=CCN1CCC2CNCCN2C1=O. The normalized spacial score (nSPS) is 27.4. The van der Waals surface area contributed by atoms with Gasteiger partial charge in [-0.3, -0.25) is 0 Å². The topological polar surface area (TPSA) is 35.6 Å². The molecule has 2 saturated heterocycles. The molecule has 2 rings (SSSR count). The van der Waals surface area contributed by atoms with Gasteiger partial charge in [-0.05, 0) is 6.42 Å². The average Bonchev–Trinajstić information content (AvgIpc) is 2.23. The molecule has 2 amide bonds. The van der Waals surface area contributed by atoms with Gasteiger partial charge in [-0.25, -0.2) is 4.79 Å². The third kappa shape index (κ3) is 1.62. The maximum absolute atomic E-state index is 11.9. The summed E-state index contributed by atoms with van der Waals surface area (Å²) in [6, 6.07) is 0.597. The van der Waals surface area contributed by atoms with E-state index in [1.165, 1.54) is 0 Å². The molecule has 4 heteroatoms. The maximum Gasteiger partial charge on any atom is 0.320 e. The Hall–Kier alpha value is -1.03. The number of carbonyl (C=O) groups excluding carboxylic acids is 1. The summed E-state index contributed by atoms with van der Waals surface area (Å²) in [7, 11) is 0. The monoisotopic (exact) mass is 195 g/mol. The van der Waals surface area contributed by atoms with Crippen molar-refractivity contribution >= 4 is 6.03 Å². The molecule has 0 saturated carbocycles. The van der Waals surface area contributed by atoms with Gasteiger partial charge in [-0.1, -0.05) is 6.08 Å². The highest BCUT2D eigenvalue weighted by atomic mass is 16.2. The molecule has 2 aliphatic heterocycles. The molecule has 0 aliphatic carbocycles. The van der Waals surface area contributed by atoms with Crippen LogP contribution in [0, 0.1) is 0 Å². The number of carbonyl (C=O) groups is 1. The first-order valence-electron chi connectivity index (χ1n) is 5.20. The van der Waals surface area contributed by atoms with Crippen LogP contribution in [-0.4, -0.2) is 54.6 Å². The van der Waals surface area contributed by atoms with E-state index in [4.69, 9.17) is 0 Å². The van der Waals surface area contributed by atoms with Gasteiger partial charge in [0.2, 0.25) is 0 Å². The predicted molar refractivity (Wildman–Crippen MR) is 55.1 cm³/mol. The second kappa shape index (κ2) is 4.00. The smallest absolute Gasteiger partial charge is 0.320 e. The van der Waals surface area contributed by atoms with Crippen LogP contribution in [0.4, 0.5) is 4.79 Å². The molecule has 14 heavy (non-hydrogen) atoms.